The van der Waals surface area contributed by atoms with Crippen LogP contribution in [0.1, 0.15) is 393 Å². The van der Waals surface area contributed by atoms with E-state index in [0.29, 0.717) is 17.4 Å². The maximum Gasteiger partial charge on any atom is 0.306 e. The first-order valence-corrected chi connectivity index (χ1v) is 44.9. The van der Waals surface area contributed by atoms with Gasteiger partial charge in [-0.2, -0.15) is 0 Å². The highest BCUT2D eigenvalue weighted by atomic mass is 31.2. The Balaban J connectivity index is 3.99. The summed E-state index contributed by atoms with van der Waals surface area (Å²) in [5.41, 5.74) is 0. The molecule has 0 fully saturated rings. The van der Waals surface area contributed by atoms with Crippen molar-refractivity contribution in [3.63, 3.8) is 0 Å². The Hall–Kier alpha value is -3.85. The van der Waals surface area contributed by atoms with Crippen molar-refractivity contribution in [2.75, 3.05) is 47.5 Å². The van der Waals surface area contributed by atoms with Gasteiger partial charge in [0.2, 0.25) is 0 Å². The second kappa shape index (κ2) is 82.2. The van der Waals surface area contributed by atoms with Crippen LogP contribution in [0.25, 0.3) is 0 Å². The quantitative estimate of drug-likeness (QED) is 0.0195. The minimum atomic E-state index is -4.66. The fraction of sp³-hybridized carbons (Fsp3) is 0.742. The molecule has 2 atom stereocenters. The number of quaternary nitrogens is 1. The van der Waals surface area contributed by atoms with Gasteiger partial charge in [0.25, 0.3) is 7.82 Å². The molecule has 0 aromatic heterocycles. The summed E-state index contributed by atoms with van der Waals surface area (Å²) < 4.78 is 34.4. The average Bonchev–Trinajstić information content (AvgIpc) is 0.971. The molecule has 0 aliphatic heterocycles. The fourth-order valence-electron chi connectivity index (χ4n) is 12.4. The summed E-state index contributed by atoms with van der Waals surface area (Å²) in [6.45, 7) is 4.16. The van der Waals surface area contributed by atoms with Gasteiger partial charge < -0.3 is 27.9 Å². The molecule has 0 rings (SSSR count). The maximum absolute atomic E-state index is 12.9. The van der Waals surface area contributed by atoms with Crippen LogP contribution >= 0.6 is 7.82 Å². The molecule has 9 nitrogen and oxygen atoms in total. The molecule has 0 aliphatic carbocycles. The van der Waals surface area contributed by atoms with E-state index in [-0.39, 0.29) is 32.0 Å². The summed E-state index contributed by atoms with van der Waals surface area (Å²) in [6, 6.07) is 0. The van der Waals surface area contributed by atoms with E-state index in [1.54, 1.807) is 0 Å². The van der Waals surface area contributed by atoms with Crippen molar-refractivity contribution in [2.24, 2.45) is 0 Å². The van der Waals surface area contributed by atoms with Gasteiger partial charge in [-0.25, -0.2) is 0 Å². The molecule has 0 saturated heterocycles. The highest BCUT2D eigenvalue weighted by Gasteiger charge is 2.22. The molecule has 0 radical (unpaired) electrons. The number of ether oxygens (including phenoxy) is 2. The van der Waals surface area contributed by atoms with Crippen LogP contribution in [-0.4, -0.2) is 70.0 Å². The third kappa shape index (κ3) is 87.0. The summed E-state index contributed by atoms with van der Waals surface area (Å²) in [4.78, 5) is 38.2. The van der Waals surface area contributed by atoms with Crippen molar-refractivity contribution >= 4 is 19.8 Å². The second-order valence-electron chi connectivity index (χ2n) is 30.2. The number of phosphoric ester groups is 1. The number of likely N-dealkylation sites (N-methyl/N-ethyl adjacent to an activating group) is 1. The first-order valence-electron chi connectivity index (χ1n) is 43.4. The third-order valence-electron chi connectivity index (χ3n) is 18.9. The molecule has 103 heavy (non-hydrogen) atoms. The monoisotopic (exact) mass is 1450 g/mol. The van der Waals surface area contributed by atoms with E-state index in [1.165, 1.54) is 238 Å². The smallest absolute Gasteiger partial charge is 0.306 e. The Labute approximate surface area is 638 Å². The highest BCUT2D eigenvalue weighted by Crippen LogP contribution is 2.38. The summed E-state index contributed by atoms with van der Waals surface area (Å²) >= 11 is 0. The van der Waals surface area contributed by atoms with Crippen LogP contribution < -0.4 is 4.89 Å². The van der Waals surface area contributed by atoms with E-state index in [0.717, 1.165) is 122 Å². The zero-order valence-electron chi connectivity index (χ0n) is 68.0. The normalized spacial score (nSPS) is 13.7. The topological polar surface area (TPSA) is 111 Å². The van der Waals surface area contributed by atoms with E-state index >= 15 is 0 Å². The predicted octanol–water partition coefficient (Wildman–Crippen LogP) is 28.8. The Morgan fingerprint density at radius 1 is 0.311 bits per heavy atom. The molecule has 0 heterocycles. The van der Waals surface area contributed by atoms with Crippen LogP contribution in [0.2, 0.25) is 0 Å². The second-order valence-corrected chi connectivity index (χ2v) is 31.6. The lowest BCUT2D eigenvalue weighted by atomic mass is 10.0. The summed E-state index contributed by atoms with van der Waals surface area (Å²) in [7, 11) is 1.16. The van der Waals surface area contributed by atoms with E-state index in [2.05, 4.69) is 148 Å². The molecule has 0 amide bonds. The van der Waals surface area contributed by atoms with Gasteiger partial charge in [0.1, 0.15) is 19.8 Å². The number of allylic oxidation sites excluding steroid dienone is 22. The number of hydrogen-bond acceptors (Lipinski definition) is 8. The van der Waals surface area contributed by atoms with Crippen LogP contribution in [0.3, 0.4) is 0 Å². The molecule has 0 aromatic rings. The Morgan fingerprint density at radius 3 is 0.825 bits per heavy atom. The zero-order chi connectivity index (χ0) is 74.7. The maximum atomic E-state index is 12.9. The average molecular weight is 1460 g/mol. The van der Waals surface area contributed by atoms with Gasteiger partial charge in [0, 0.05) is 12.8 Å². The van der Waals surface area contributed by atoms with E-state index in [9.17, 15) is 19.0 Å². The molecular formula is C93H164NO8P. The Kier molecular flexibility index (Phi) is 79.1. The van der Waals surface area contributed by atoms with Gasteiger partial charge in [0.15, 0.2) is 6.10 Å². The van der Waals surface area contributed by atoms with Crippen molar-refractivity contribution < 1.29 is 42.1 Å². The molecule has 10 heteroatoms. The van der Waals surface area contributed by atoms with Gasteiger partial charge in [-0.1, -0.05) is 417 Å². The Bertz CT molecular complexity index is 2210. The molecule has 0 aliphatic rings. The first kappa shape index (κ1) is 99.2. The van der Waals surface area contributed by atoms with Crippen LogP contribution in [0, 0.1) is 0 Å². The molecular weight excluding hydrogens is 1290 g/mol. The molecule has 0 bridgehead atoms. The minimum absolute atomic E-state index is 0.0374. The summed E-state index contributed by atoms with van der Waals surface area (Å²) in [5.74, 6) is -0.838. The van der Waals surface area contributed by atoms with E-state index in [1.807, 2.05) is 21.1 Å². The van der Waals surface area contributed by atoms with Gasteiger partial charge in [-0.3, -0.25) is 14.2 Å². The minimum Gasteiger partial charge on any atom is -0.756 e. The number of rotatable bonds is 80. The van der Waals surface area contributed by atoms with Gasteiger partial charge >= 0.3 is 11.9 Å². The van der Waals surface area contributed by atoms with Crippen molar-refractivity contribution in [2.45, 2.75) is 399 Å². The molecule has 0 aromatic carbocycles. The SMILES string of the molecule is CC/C=C\C/C=C\C/C=C\C/C=C\C/C=C\C/C=C\C/C=C\C/C=C\C/C=C\C/C=C\C/C=C\CCCCCCCCCC(=O)OC(COC(=O)CCCCCCCCCCCCCCCCCCCCCCCCCCCCCCCCCCCCCCCC)COP(=O)([O-])OCC[N+](C)(C)C. The van der Waals surface area contributed by atoms with E-state index < -0.39 is 26.5 Å². The zero-order valence-corrected chi connectivity index (χ0v) is 68.9. The number of hydrogen-bond donors (Lipinski definition) is 0. The third-order valence-corrected chi connectivity index (χ3v) is 19.9. The highest BCUT2D eigenvalue weighted by molar-refractivity contribution is 7.45. The summed E-state index contributed by atoms with van der Waals surface area (Å²) in [5, 5.41) is 0. The number of nitrogens with zero attached hydrogens (tertiary/aromatic N) is 1. The number of phosphoric acid groups is 1. The van der Waals surface area contributed by atoms with Crippen LogP contribution in [0.15, 0.2) is 134 Å². The number of esters is 2. The standard InChI is InChI=1S/C93H164NO8P/c1-6-8-10-12-14-16-18-20-22-24-26-28-30-32-34-36-38-40-42-44-46-47-48-50-52-54-56-58-60-62-64-66-68-70-72-74-76-78-80-82-84-86-93(96)102-91(90-101-103(97,98)100-88-87-94(3,4)5)89-99-92(95)85-83-81-79-77-75-73-71-69-67-65-63-61-59-57-55-53-51-49-45-43-41-39-37-35-33-31-29-27-25-23-21-19-17-15-13-11-9-7-2/h8,10,14,16,20,22,26,28,32,34,38,40,44,46,48,50,54,56,60,62,66,68,91H,6-7,9,11-13,15,17-19,21,23-25,27,29-31,33,35-37,39,41-43,45,47,49,51-53,55,57-59,61,63-65,67,69-90H2,1-5H3/b10-8-,16-14-,22-20-,28-26-,34-32-,40-38-,46-44-,50-48-,56-54-,62-60-,68-66-. The van der Waals surface area contributed by atoms with E-state index in [4.69, 9.17) is 18.5 Å². The van der Waals surface area contributed by atoms with Gasteiger partial charge in [-0.05, 0) is 96.3 Å². The molecule has 0 spiro atoms. The van der Waals surface area contributed by atoms with Gasteiger partial charge in [0.05, 0.1) is 27.7 Å². The largest absolute Gasteiger partial charge is 0.756 e. The Morgan fingerprint density at radius 2 is 0.553 bits per heavy atom. The van der Waals surface area contributed by atoms with Crippen LogP contribution in [-0.2, 0) is 32.7 Å². The molecule has 594 valence electrons. The van der Waals surface area contributed by atoms with Crippen LogP contribution in [0.4, 0.5) is 0 Å². The lowest BCUT2D eigenvalue weighted by Gasteiger charge is -2.28. The van der Waals surface area contributed by atoms with Gasteiger partial charge in [-0.15, -0.1) is 0 Å². The lowest BCUT2D eigenvalue weighted by molar-refractivity contribution is -0.870. The number of unbranched alkanes of at least 4 members (excludes halogenated alkanes) is 44. The molecule has 2 unspecified atom stereocenters. The lowest BCUT2D eigenvalue weighted by Crippen LogP contribution is -2.37. The van der Waals surface area contributed by atoms with Crippen LogP contribution in [0.5, 0.6) is 0 Å². The first-order chi connectivity index (χ1) is 50.5. The predicted molar refractivity (Wildman–Crippen MR) is 448 cm³/mol. The van der Waals surface area contributed by atoms with Crippen molar-refractivity contribution in [3.8, 4) is 0 Å². The number of carbonyl (C=O) groups excluding carboxylic acids is 2. The number of carbonyl (C=O) groups is 2. The van der Waals surface area contributed by atoms with Crippen molar-refractivity contribution in [3.05, 3.63) is 134 Å². The van der Waals surface area contributed by atoms with Crippen molar-refractivity contribution in [1.82, 2.24) is 0 Å². The molecule has 0 N–H and O–H groups in total. The fourth-order valence-corrected chi connectivity index (χ4v) is 13.1. The summed E-state index contributed by atoms with van der Waals surface area (Å²) in [6.07, 6.45) is 120. The van der Waals surface area contributed by atoms with Crippen molar-refractivity contribution in [1.29, 1.82) is 0 Å². The molecule has 0 saturated carbocycles.